The third-order valence-corrected chi connectivity index (χ3v) is 5.62. The van der Waals surface area contributed by atoms with Crippen LogP contribution in [0.2, 0.25) is 0 Å². The van der Waals surface area contributed by atoms with Gasteiger partial charge in [0.15, 0.2) is 0 Å². The maximum atomic E-state index is 11.0. The van der Waals surface area contributed by atoms with E-state index in [1.54, 1.807) is 12.4 Å². The van der Waals surface area contributed by atoms with Crippen LogP contribution in [0.4, 0.5) is 5.82 Å². The van der Waals surface area contributed by atoms with E-state index in [0.29, 0.717) is 17.6 Å². The third-order valence-electron chi connectivity index (χ3n) is 5.62. The fourth-order valence-corrected chi connectivity index (χ4v) is 4.14. The molecule has 29 heavy (non-hydrogen) atoms. The standard InChI is InChI=1S/C19H29N5O3.2ClH/c25-14-19(7-2-1-3-8-19)13-24-9-6-16(12-24)22-17-11-20-15(10-21-17)4-5-18(26)23-27;;/h4-5,10-11,16,25,27H,1-3,6-9,12-14H2,(H,21,22)(H,23,26);2*1H/b5-4+;;/t16-;;/m1../s1. The Morgan fingerprint density at radius 1 is 1.24 bits per heavy atom. The number of hydrogen-bond acceptors (Lipinski definition) is 7. The van der Waals surface area contributed by atoms with E-state index in [4.69, 9.17) is 5.21 Å². The average Bonchev–Trinajstić information content (AvgIpc) is 3.14. The largest absolute Gasteiger partial charge is 0.396 e. The molecule has 10 heteroatoms. The molecule has 0 radical (unpaired) electrons. The first kappa shape index (κ1) is 25.6. The number of halogens is 2. The van der Waals surface area contributed by atoms with Gasteiger partial charge >= 0.3 is 0 Å². The second kappa shape index (κ2) is 12.3. The van der Waals surface area contributed by atoms with Crippen molar-refractivity contribution in [2.75, 3.05) is 31.6 Å². The summed E-state index contributed by atoms with van der Waals surface area (Å²) in [5, 5.41) is 21.8. The topological polar surface area (TPSA) is 111 Å². The number of nitrogens with one attached hydrogen (secondary N) is 2. The number of rotatable bonds is 7. The molecule has 2 fully saturated rings. The SMILES string of the molecule is Cl.Cl.O=C(/C=C/c1cnc(N[C@@H]2CCN(CC3(CO)CCCCC3)C2)cn1)NO. The van der Waals surface area contributed by atoms with Gasteiger partial charge in [0.25, 0.3) is 5.91 Å². The van der Waals surface area contributed by atoms with Crippen molar-refractivity contribution in [3.8, 4) is 0 Å². The Morgan fingerprint density at radius 2 is 2.00 bits per heavy atom. The maximum Gasteiger partial charge on any atom is 0.267 e. The molecule has 8 nitrogen and oxygen atoms in total. The molecule has 0 unspecified atom stereocenters. The van der Waals surface area contributed by atoms with Crippen LogP contribution in [0.25, 0.3) is 6.08 Å². The Bertz CT molecular complexity index is 654. The van der Waals surface area contributed by atoms with E-state index in [1.807, 2.05) is 0 Å². The molecule has 2 heterocycles. The molecule has 3 rings (SSSR count). The van der Waals surface area contributed by atoms with Gasteiger partial charge < -0.3 is 15.3 Å². The van der Waals surface area contributed by atoms with Crippen molar-refractivity contribution in [2.24, 2.45) is 5.41 Å². The Balaban J connectivity index is 0.00000210. The lowest BCUT2D eigenvalue weighted by atomic mass is 9.74. The van der Waals surface area contributed by atoms with Gasteiger partial charge in [-0.05, 0) is 25.3 Å². The third kappa shape index (κ3) is 7.38. The monoisotopic (exact) mass is 447 g/mol. The number of nitrogens with zero attached hydrogens (tertiary/aromatic N) is 3. The van der Waals surface area contributed by atoms with Crippen LogP contribution in [-0.2, 0) is 4.79 Å². The zero-order valence-corrected chi connectivity index (χ0v) is 18.1. The molecular weight excluding hydrogens is 417 g/mol. The fourth-order valence-electron chi connectivity index (χ4n) is 4.14. The number of aromatic nitrogens is 2. The Labute approximate surface area is 184 Å². The van der Waals surface area contributed by atoms with Gasteiger partial charge in [0.05, 0.1) is 18.1 Å². The quantitative estimate of drug-likeness (QED) is 0.288. The van der Waals surface area contributed by atoms with Crippen LogP contribution >= 0.6 is 24.8 Å². The number of carbonyl (C=O) groups excluding carboxylic acids is 1. The van der Waals surface area contributed by atoms with Crippen molar-refractivity contribution in [1.82, 2.24) is 20.3 Å². The lowest BCUT2D eigenvalue weighted by Crippen LogP contribution is -2.41. The highest BCUT2D eigenvalue weighted by Crippen LogP contribution is 2.37. The van der Waals surface area contributed by atoms with Crippen molar-refractivity contribution in [2.45, 2.75) is 44.6 Å². The smallest absolute Gasteiger partial charge is 0.267 e. The minimum atomic E-state index is -0.608. The van der Waals surface area contributed by atoms with Gasteiger partial charge in [0.2, 0.25) is 0 Å². The van der Waals surface area contributed by atoms with E-state index >= 15 is 0 Å². The van der Waals surface area contributed by atoms with E-state index in [0.717, 1.165) is 38.9 Å². The molecule has 4 N–H and O–H groups in total. The second-order valence-electron chi connectivity index (χ2n) is 7.72. The molecule has 1 aliphatic heterocycles. The van der Waals surface area contributed by atoms with Crippen molar-refractivity contribution < 1.29 is 15.1 Å². The number of likely N-dealkylation sites (tertiary alicyclic amines) is 1. The zero-order chi connectivity index (χ0) is 19.1. The number of anilines is 1. The molecule has 1 saturated heterocycles. The van der Waals surface area contributed by atoms with Crippen molar-refractivity contribution in [1.29, 1.82) is 0 Å². The minimum absolute atomic E-state index is 0. The van der Waals surface area contributed by atoms with E-state index in [-0.39, 0.29) is 36.8 Å². The Hall–Kier alpha value is -1.45. The number of hydrogen-bond donors (Lipinski definition) is 4. The summed E-state index contributed by atoms with van der Waals surface area (Å²) in [4.78, 5) is 22.0. The highest BCUT2D eigenvalue weighted by molar-refractivity contribution is 5.90. The van der Waals surface area contributed by atoms with E-state index in [2.05, 4.69) is 20.2 Å². The van der Waals surface area contributed by atoms with Gasteiger partial charge in [-0.2, -0.15) is 0 Å². The summed E-state index contributed by atoms with van der Waals surface area (Å²) in [5.41, 5.74) is 2.15. The summed E-state index contributed by atoms with van der Waals surface area (Å²) >= 11 is 0. The molecule has 164 valence electrons. The van der Waals surface area contributed by atoms with E-state index < -0.39 is 5.91 Å². The number of amides is 1. The summed E-state index contributed by atoms with van der Waals surface area (Å²) in [6.45, 7) is 3.24. The number of hydroxylamine groups is 1. The number of carbonyl (C=O) groups is 1. The molecule has 0 bridgehead atoms. The maximum absolute atomic E-state index is 11.0. The molecule has 1 aliphatic carbocycles. The number of aliphatic hydroxyl groups is 1. The molecule has 1 saturated carbocycles. The minimum Gasteiger partial charge on any atom is -0.396 e. The first-order valence-corrected chi connectivity index (χ1v) is 9.66. The van der Waals surface area contributed by atoms with Crippen LogP contribution < -0.4 is 10.8 Å². The van der Waals surface area contributed by atoms with Gasteiger partial charge in [-0.15, -0.1) is 24.8 Å². The summed E-state index contributed by atoms with van der Waals surface area (Å²) < 4.78 is 0. The van der Waals surface area contributed by atoms with Crippen LogP contribution in [0, 0.1) is 5.41 Å². The predicted octanol–water partition coefficient (Wildman–Crippen LogP) is 2.27. The highest BCUT2D eigenvalue weighted by atomic mass is 35.5. The summed E-state index contributed by atoms with van der Waals surface area (Å²) in [6, 6.07) is 0.320. The van der Waals surface area contributed by atoms with Gasteiger partial charge in [-0.25, -0.2) is 10.5 Å². The lowest BCUT2D eigenvalue weighted by Gasteiger charge is -2.38. The molecule has 0 aromatic carbocycles. The van der Waals surface area contributed by atoms with Crippen molar-refractivity contribution >= 4 is 42.6 Å². The molecule has 0 spiro atoms. The van der Waals surface area contributed by atoms with E-state index in [9.17, 15) is 9.90 Å². The molecule has 1 aromatic rings. The van der Waals surface area contributed by atoms with Gasteiger partial charge in [0, 0.05) is 43.8 Å². The van der Waals surface area contributed by atoms with Crippen LogP contribution in [0.5, 0.6) is 0 Å². The van der Waals surface area contributed by atoms with Crippen molar-refractivity contribution in [3.05, 3.63) is 24.2 Å². The van der Waals surface area contributed by atoms with Crippen LogP contribution in [0.1, 0.15) is 44.2 Å². The molecule has 1 atom stereocenters. The van der Waals surface area contributed by atoms with Gasteiger partial charge in [-0.3, -0.25) is 15.0 Å². The van der Waals surface area contributed by atoms with Crippen LogP contribution in [0.15, 0.2) is 18.5 Å². The molecular formula is C19H31Cl2N5O3. The second-order valence-corrected chi connectivity index (χ2v) is 7.72. The van der Waals surface area contributed by atoms with E-state index in [1.165, 1.54) is 36.9 Å². The molecule has 1 aromatic heterocycles. The summed E-state index contributed by atoms with van der Waals surface area (Å²) in [7, 11) is 0. The fraction of sp³-hybridized carbons (Fsp3) is 0.632. The van der Waals surface area contributed by atoms with Crippen LogP contribution in [0.3, 0.4) is 0 Å². The first-order chi connectivity index (χ1) is 13.1. The zero-order valence-electron chi connectivity index (χ0n) is 16.4. The normalized spacial score (nSPS) is 21.2. The Morgan fingerprint density at radius 3 is 2.62 bits per heavy atom. The molecule has 2 aliphatic rings. The molecule has 1 amide bonds. The van der Waals surface area contributed by atoms with Gasteiger partial charge in [-0.1, -0.05) is 19.3 Å². The average molecular weight is 448 g/mol. The number of aliphatic hydroxyl groups excluding tert-OH is 1. The van der Waals surface area contributed by atoms with Crippen LogP contribution in [-0.4, -0.2) is 63.4 Å². The van der Waals surface area contributed by atoms with Gasteiger partial charge in [0.1, 0.15) is 5.82 Å². The lowest BCUT2D eigenvalue weighted by molar-refractivity contribution is -0.124. The van der Waals surface area contributed by atoms with Crippen molar-refractivity contribution in [3.63, 3.8) is 0 Å². The summed E-state index contributed by atoms with van der Waals surface area (Å²) in [5.74, 6) is 0.101. The Kier molecular flexibility index (Phi) is 10.8. The summed E-state index contributed by atoms with van der Waals surface area (Å²) in [6.07, 6.45) is 13.0. The highest BCUT2D eigenvalue weighted by Gasteiger charge is 2.35. The predicted molar refractivity (Wildman–Crippen MR) is 117 cm³/mol. The first-order valence-electron chi connectivity index (χ1n) is 9.66.